The fraction of sp³-hybridized carbons (Fsp3) is 0.917. The van der Waals surface area contributed by atoms with Crippen molar-refractivity contribution in [2.24, 2.45) is 11.7 Å². The summed E-state index contributed by atoms with van der Waals surface area (Å²) in [5, 5.41) is 0. The molecule has 2 N–H and O–H groups in total. The monoisotopic (exact) mass is 282 g/mol. The molecule has 0 spiro atoms. The standard InChI is InChI=1S/C12H26N2O3.ClH/c1-10(2)9-14(5-6-16-3)12(15)7-11(8-13)17-4;/h10-11H,5-9,13H2,1-4H3;1H. The van der Waals surface area contributed by atoms with Gasteiger partial charge in [-0.3, -0.25) is 4.79 Å². The Labute approximate surface area is 116 Å². The van der Waals surface area contributed by atoms with Crippen molar-refractivity contribution in [1.29, 1.82) is 0 Å². The fourth-order valence-corrected chi connectivity index (χ4v) is 1.55. The van der Waals surface area contributed by atoms with Gasteiger partial charge < -0.3 is 20.1 Å². The van der Waals surface area contributed by atoms with E-state index in [0.717, 1.165) is 6.54 Å². The molecule has 110 valence electrons. The highest BCUT2D eigenvalue weighted by molar-refractivity contribution is 5.85. The predicted molar refractivity (Wildman–Crippen MR) is 75.0 cm³/mol. The summed E-state index contributed by atoms with van der Waals surface area (Å²) in [6, 6.07) is 0. The molecule has 6 heteroatoms. The topological polar surface area (TPSA) is 64.8 Å². The maximum absolute atomic E-state index is 12.0. The number of amides is 1. The van der Waals surface area contributed by atoms with Crippen LogP contribution in [0, 0.1) is 5.92 Å². The van der Waals surface area contributed by atoms with Gasteiger partial charge in [0.25, 0.3) is 0 Å². The lowest BCUT2D eigenvalue weighted by atomic mass is 10.1. The lowest BCUT2D eigenvalue weighted by Crippen LogP contribution is -2.39. The summed E-state index contributed by atoms with van der Waals surface area (Å²) in [5.74, 6) is 0.516. The molecule has 0 aliphatic heterocycles. The molecular formula is C12H27ClN2O3. The summed E-state index contributed by atoms with van der Waals surface area (Å²) in [6.07, 6.45) is 0.142. The number of ether oxygens (including phenoxy) is 2. The second kappa shape index (κ2) is 11.7. The Kier molecular flexibility index (Phi) is 13.0. The van der Waals surface area contributed by atoms with Gasteiger partial charge in [-0.1, -0.05) is 13.8 Å². The van der Waals surface area contributed by atoms with E-state index in [2.05, 4.69) is 13.8 Å². The van der Waals surface area contributed by atoms with Crippen molar-refractivity contribution in [2.75, 3.05) is 40.5 Å². The Balaban J connectivity index is 0. The zero-order valence-electron chi connectivity index (χ0n) is 11.8. The Hall–Kier alpha value is -0.360. The number of carbonyl (C=O) groups is 1. The Bertz CT molecular complexity index is 211. The number of halogens is 1. The zero-order chi connectivity index (χ0) is 13.3. The molecular weight excluding hydrogens is 256 g/mol. The van der Waals surface area contributed by atoms with Gasteiger partial charge in [0.15, 0.2) is 0 Å². The third-order valence-electron chi connectivity index (χ3n) is 2.50. The normalized spacial score (nSPS) is 12.1. The molecule has 0 aliphatic rings. The summed E-state index contributed by atoms with van der Waals surface area (Å²) < 4.78 is 10.1. The van der Waals surface area contributed by atoms with Crippen molar-refractivity contribution in [3.8, 4) is 0 Å². The van der Waals surface area contributed by atoms with Crippen LogP contribution >= 0.6 is 12.4 Å². The van der Waals surface area contributed by atoms with Crippen LogP contribution in [-0.2, 0) is 14.3 Å². The molecule has 18 heavy (non-hydrogen) atoms. The van der Waals surface area contributed by atoms with E-state index in [-0.39, 0.29) is 24.4 Å². The van der Waals surface area contributed by atoms with Crippen LogP contribution in [0.3, 0.4) is 0 Å². The Morgan fingerprint density at radius 3 is 2.33 bits per heavy atom. The molecule has 0 aromatic carbocycles. The second-order valence-electron chi connectivity index (χ2n) is 4.52. The van der Waals surface area contributed by atoms with Gasteiger partial charge in [-0.25, -0.2) is 0 Å². The van der Waals surface area contributed by atoms with E-state index in [1.165, 1.54) is 0 Å². The summed E-state index contributed by atoms with van der Waals surface area (Å²) in [7, 11) is 3.21. The molecule has 0 bridgehead atoms. The largest absolute Gasteiger partial charge is 0.383 e. The van der Waals surface area contributed by atoms with Crippen molar-refractivity contribution >= 4 is 18.3 Å². The molecule has 0 aromatic rings. The molecule has 0 aromatic heterocycles. The van der Waals surface area contributed by atoms with Crippen molar-refractivity contribution in [3.05, 3.63) is 0 Å². The summed E-state index contributed by atoms with van der Waals surface area (Å²) in [5.41, 5.74) is 5.51. The van der Waals surface area contributed by atoms with E-state index < -0.39 is 0 Å². The van der Waals surface area contributed by atoms with Crippen LogP contribution in [0.25, 0.3) is 0 Å². The van der Waals surface area contributed by atoms with E-state index in [4.69, 9.17) is 15.2 Å². The molecule has 0 fully saturated rings. The molecule has 0 saturated carbocycles. The quantitative estimate of drug-likeness (QED) is 0.682. The fourth-order valence-electron chi connectivity index (χ4n) is 1.55. The predicted octanol–water partition coefficient (Wildman–Crippen LogP) is 0.903. The number of hydrogen-bond acceptors (Lipinski definition) is 4. The van der Waals surface area contributed by atoms with Crippen LogP contribution in [0.15, 0.2) is 0 Å². The minimum absolute atomic E-state index is 0. The molecule has 5 nitrogen and oxygen atoms in total. The zero-order valence-corrected chi connectivity index (χ0v) is 12.7. The highest BCUT2D eigenvalue weighted by atomic mass is 35.5. The first kappa shape index (κ1) is 20.0. The number of hydrogen-bond donors (Lipinski definition) is 1. The first-order valence-corrected chi connectivity index (χ1v) is 6.04. The molecule has 1 unspecified atom stereocenters. The first-order valence-electron chi connectivity index (χ1n) is 6.04. The van der Waals surface area contributed by atoms with Gasteiger partial charge in [0.1, 0.15) is 0 Å². The van der Waals surface area contributed by atoms with Gasteiger partial charge in [0.05, 0.1) is 19.1 Å². The van der Waals surface area contributed by atoms with Gasteiger partial charge >= 0.3 is 0 Å². The highest BCUT2D eigenvalue weighted by Crippen LogP contribution is 2.05. The summed E-state index contributed by atoms with van der Waals surface area (Å²) in [4.78, 5) is 13.9. The molecule has 0 heterocycles. The van der Waals surface area contributed by atoms with E-state index in [0.29, 0.717) is 32.0 Å². The highest BCUT2D eigenvalue weighted by Gasteiger charge is 2.18. The number of carbonyl (C=O) groups excluding carboxylic acids is 1. The molecule has 1 atom stereocenters. The van der Waals surface area contributed by atoms with Crippen LogP contribution in [0.4, 0.5) is 0 Å². The van der Waals surface area contributed by atoms with Crippen LogP contribution in [0.5, 0.6) is 0 Å². The third-order valence-corrected chi connectivity index (χ3v) is 2.50. The van der Waals surface area contributed by atoms with Crippen LogP contribution < -0.4 is 5.73 Å². The van der Waals surface area contributed by atoms with Crippen LogP contribution in [-0.4, -0.2) is 57.4 Å². The number of nitrogens with zero attached hydrogens (tertiary/aromatic N) is 1. The number of nitrogens with two attached hydrogens (primary N) is 1. The lowest BCUT2D eigenvalue weighted by Gasteiger charge is -2.26. The molecule has 1 amide bonds. The average molecular weight is 283 g/mol. The van der Waals surface area contributed by atoms with E-state index in [1.54, 1.807) is 14.2 Å². The van der Waals surface area contributed by atoms with Gasteiger partial charge in [0, 0.05) is 33.9 Å². The summed E-state index contributed by atoms with van der Waals surface area (Å²) >= 11 is 0. The minimum atomic E-state index is -0.195. The van der Waals surface area contributed by atoms with Gasteiger partial charge in [-0.15, -0.1) is 12.4 Å². The van der Waals surface area contributed by atoms with Gasteiger partial charge in [0.2, 0.25) is 5.91 Å². The van der Waals surface area contributed by atoms with Gasteiger partial charge in [-0.05, 0) is 5.92 Å². The maximum atomic E-state index is 12.0. The van der Waals surface area contributed by atoms with Crippen LogP contribution in [0.1, 0.15) is 20.3 Å². The smallest absolute Gasteiger partial charge is 0.225 e. The summed E-state index contributed by atoms with van der Waals surface area (Å²) in [6.45, 7) is 6.45. The lowest BCUT2D eigenvalue weighted by molar-refractivity contribution is -0.134. The SMILES string of the molecule is COCCN(CC(C)C)C(=O)CC(CN)OC.Cl. The van der Waals surface area contributed by atoms with E-state index in [1.807, 2.05) is 4.90 Å². The third kappa shape index (κ3) is 8.69. The van der Waals surface area contributed by atoms with Crippen LogP contribution in [0.2, 0.25) is 0 Å². The molecule has 0 radical (unpaired) electrons. The van der Waals surface area contributed by atoms with Crippen molar-refractivity contribution in [1.82, 2.24) is 4.90 Å². The van der Waals surface area contributed by atoms with E-state index in [9.17, 15) is 4.79 Å². The number of rotatable bonds is 9. The van der Waals surface area contributed by atoms with Crippen molar-refractivity contribution < 1.29 is 14.3 Å². The number of methoxy groups -OCH3 is 2. The molecule has 0 aliphatic carbocycles. The minimum Gasteiger partial charge on any atom is -0.383 e. The van der Waals surface area contributed by atoms with E-state index >= 15 is 0 Å². The van der Waals surface area contributed by atoms with Crippen molar-refractivity contribution in [2.45, 2.75) is 26.4 Å². The molecule has 0 rings (SSSR count). The molecule has 0 saturated heterocycles. The maximum Gasteiger partial charge on any atom is 0.225 e. The first-order chi connectivity index (χ1) is 8.04. The second-order valence-corrected chi connectivity index (χ2v) is 4.52. The van der Waals surface area contributed by atoms with Gasteiger partial charge in [-0.2, -0.15) is 0 Å². The van der Waals surface area contributed by atoms with Crippen molar-refractivity contribution in [3.63, 3.8) is 0 Å². The Morgan fingerprint density at radius 2 is 1.94 bits per heavy atom. The average Bonchev–Trinajstić information content (AvgIpc) is 2.30. The Morgan fingerprint density at radius 1 is 1.33 bits per heavy atom.